The normalized spacial score (nSPS) is 11.4. The molecule has 1 rings (SSSR count). The smallest absolute Gasteiger partial charge is 0.325 e. The Kier molecular flexibility index (Phi) is 9.08. The zero-order valence-corrected chi connectivity index (χ0v) is 16.3. The van der Waals surface area contributed by atoms with Crippen LogP contribution in [0, 0.1) is 0 Å². The number of rotatable bonds is 4. The van der Waals surface area contributed by atoms with E-state index in [1.807, 2.05) is 70.1 Å². The highest BCUT2D eigenvalue weighted by Crippen LogP contribution is 2.06. The third kappa shape index (κ3) is 8.86. The lowest BCUT2D eigenvalue weighted by atomic mass is 10.2. The minimum Gasteiger partial charge on any atom is -0.459 e. The molecule has 0 aromatic heterocycles. The zero-order valence-electron chi connectivity index (χ0n) is 13.9. The summed E-state index contributed by atoms with van der Waals surface area (Å²) in [5.41, 5.74) is 0.647. The molecule has 0 amide bonds. The van der Waals surface area contributed by atoms with Crippen LogP contribution in [0.5, 0.6) is 0 Å². The quantitative estimate of drug-likeness (QED) is 0.353. The Hall–Kier alpha value is -1.31. The van der Waals surface area contributed by atoms with Gasteiger partial charge in [-0.25, -0.2) is 4.99 Å². The fraction of sp³-hybridized carbons (Fsp3) is 0.500. The molecule has 0 saturated carbocycles. The first kappa shape index (κ1) is 20.7. The van der Waals surface area contributed by atoms with Crippen LogP contribution in [0.3, 0.4) is 0 Å². The second-order valence-corrected chi connectivity index (χ2v) is 5.96. The van der Waals surface area contributed by atoms with Crippen molar-refractivity contribution in [1.29, 1.82) is 0 Å². The maximum Gasteiger partial charge on any atom is 0.325 e. The van der Waals surface area contributed by atoms with Crippen LogP contribution in [-0.4, -0.2) is 43.1 Å². The van der Waals surface area contributed by atoms with Gasteiger partial charge in [-0.05, 0) is 26.3 Å². The second-order valence-electron chi connectivity index (χ2n) is 5.96. The van der Waals surface area contributed by atoms with Gasteiger partial charge >= 0.3 is 5.97 Å². The summed E-state index contributed by atoms with van der Waals surface area (Å²) in [6.07, 6.45) is 0. The Labute approximate surface area is 150 Å². The third-order valence-electron chi connectivity index (χ3n) is 2.49. The van der Waals surface area contributed by atoms with Crippen LogP contribution < -0.4 is 5.32 Å². The number of esters is 1. The standard InChI is InChI=1S/C16H25N3O2.HI/c1-16(2,3)21-14(20)12-18-15(19(4)5)17-11-13-9-7-6-8-10-13;/h6-10H,11-12H2,1-5H3,(H,17,18);1H. The fourth-order valence-electron chi connectivity index (χ4n) is 1.63. The van der Waals surface area contributed by atoms with Crippen molar-refractivity contribution < 1.29 is 9.53 Å². The number of aliphatic imine (C=N–C) groups is 1. The predicted octanol–water partition coefficient (Wildman–Crippen LogP) is 2.65. The summed E-state index contributed by atoms with van der Waals surface area (Å²) in [5.74, 6) is 0.362. The lowest BCUT2D eigenvalue weighted by molar-refractivity contribution is -0.153. The van der Waals surface area contributed by atoms with Crippen molar-refractivity contribution in [3.05, 3.63) is 35.9 Å². The maximum absolute atomic E-state index is 11.7. The molecular weight excluding hydrogens is 393 g/mol. The fourth-order valence-corrected chi connectivity index (χ4v) is 1.63. The van der Waals surface area contributed by atoms with Gasteiger partial charge in [0, 0.05) is 14.1 Å². The molecule has 0 spiro atoms. The number of carbonyl (C=O) groups excluding carboxylic acids is 1. The number of halogens is 1. The Morgan fingerprint density at radius 2 is 1.82 bits per heavy atom. The monoisotopic (exact) mass is 419 g/mol. The number of benzene rings is 1. The van der Waals surface area contributed by atoms with Crippen LogP contribution in [0.25, 0.3) is 0 Å². The highest BCUT2D eigenvalue weighted by atomic mass is 127. The van der Waals surface area contributed by atoms with Crippen molar-refractivity contribution in [1.82, 2.24) is 10.2 Å². The maximum atomic E-state index is 11.7. The Balaban J connectivity index is 0.00000441. The summed E-state index contributed by atoms with van der Waals surface area (Å²) in [7, 11) is 3.76. The minimum absolute atomic E-state index is 0. The molecule has 0 saturated heterocycles. The molecule has 5 nitrogen and oxygen atoms in total. The van der Waals surface area contributed by atoms with Crippen molar-refractivity contribution in [3.8, 4) is 0 Å². The van der Waals surface area contributed by atoms with Crippen LogP contribution in [-0.2, 0) is 16.1 Å². The molecular formula is C16H26IN3O2. The number of nitrogens with one attached hydrogen (secondary N) is 1. The minimum atomic E-state index is -0.474. The average molecular weight is 419 g/mol. The van der Waals surface area contributed by atoms with E-state index in [1.165, 1.54) is 0 Å². The summed E-state index contributed by atoms with van der Waals surface area (Å²) in [6.45, 7) is 6.21. The first-order valence-corrected chi connectivity index (χ1v) is 6.99. The van der Waals surface area contributed by atoms with E-state index in [1.54, 1.807) is 0 Å². The Morgan fingerprint density at radius 1 is 1.23 bits per heavy atom. The van der Waals surface area contributed by atoms with E-state index in [0.717, 1.165) is 5.56 Å². The van der Waals surface area contributed by atoms with Crippen LogP contribution >= 0.6 is 24.0 Å². The summed E-state index contributed by atoms with van der Waals surface area (Å²) < 4.78 is 5.26. The molecule has 0 unspecified atom stereocenters. The van der Waals surface area contributed by atoms with E-state index in [9.17, 15) is 4.79 Å². The molecule has 0 aliphatic carbocycles. The van der Waals surface area contributed by atoms with Gasteiger partial charge in [-0.2, -0.15) is 0 Å². The van der Waals surface area contributed by atoms with E-state index in [2.05, 4.69) is 10.3 Å². The molecule has 6 heteroatoms. The average Bonchev–Trinajstić information content (AvgIpc) is 2.37. The molecule has 0 aliphatic rings. The number of guanidine groups is 1. The van der Waals surface area contributed by atoms with E-state index in [4.69, 9.17) is 4.74 Å². The van der Waals surface area contributed by atoms with Gasteiger partial charge in [-0.3, -0.25) is 4.79 Å². The first-order valence-electron chi connectivity index (χ1n) is 6.99. The van der Waals surface area contributed by atoms with Gasteiger partial charge in [-0.15, -0.1) is 24.0 Å². The van der Waals surface area contributed by atoms with Crippen LogP contribution in [0.4, 0.5) is 0 Å². The summed E-state index contributed by atoms with van der Waals surface area (Å²) in [4.78, 5) is 18.0. The van der Waals surface area contributed by atoms with Gasteiger partial charge in [0.2, 0.25) is 0 Å². The largest absolute Gasteiger partial charge is 0.459 e. The van der Waals surface area contributed by atoms with E-state index in [-0.39, 0.29) is 36.5 Å². The molecule has 0 atom stereocenters. The third-order valence-corrected chi connectivity index (χ3v) is 2.49. The number of carbonyl (C=O) groups is 1. The molecule has 0 heterocycles. The van der Waals surface area contributed by atoms with Crippen molar-refractivity contribution in [2.75, 3.05) is 20.6 Å². The zero-order chi connectivity index (χ0) is 15.9. The van der Waals surface area contributed by atoms with Gasteiger partial charge in [0.15, 0.2) is 5.96 Å². The van der Waals surface area contributed by atoms with Crippen molar-refractivity contribution in [3.63, 3.8) is 0 Å². The number of ether oxygens (including phenoxy) is 1. The summed E-state index contributed by atoms with van der Waals surface area (Å²) in [6, 6.07) is 9.97. The molecule has 1 aromatic rings. The van der Waals surface area contributed by atoms with Crippen LogP contribution in [0.15, 0.2) is 35.3 Å². The highest BCUT2D eigenvalue weighted by molar-refractivity contribution is 14.0. The van der Waals surface area contributed by atoms with E-state index in [0.29, 0.717) is 12.5 Å². The number of hydrogen-bond acceptors (Lipinski definition) is 3. The molecule has 1 N–H and O–H groups in total. The lowest BCUT2D eigenvalue weighted by Crippen LogP contribution is -2.41. The summed E-state index contributed by atoms with van der Waals surface area (Å²) >= 11 is 0. The van der Waals surface area contributed by atoms with Crippen molar-refractivity contribution >= 4 is 35.9 Å². The molecule has 0 radical (unpaired) electrons. The lowest BCUT2D eigenvalue weighted by Gasteiger charge is -2.21. The number of hydrogen-bond donors (Lipinski definition) is 1. The number of nitrogens with zero attached hydrogens (tertiary/aromatic N) is 2. The Bertz CT molecular complexity index is 482. The SMILES string of the molecule is CN(C)C(=NCc1ccccc1)NCC(=O)OC(C)(C)C.I. The molecule has 0 aliphatic heterocycles. The van der Waals surface area contributed by atoms with Gasteiger partial charge in [0.05, 0.1) is 6.54 Å². The molecule has 0 bridgehead atoms. The second kappa shape index (κ2) is 9.66. The van der Waals surface area contributed by atoms with Crippen LogP contribution in [0.1, 0.15) is 26.3 Å². The molecule has 1 aromatic carbocycles. The first-order chi connectivity index (χ1) is 9.78. The highest BCUT2D eigenvalue weighted by Gasteiger charge is 2.16. The molecule has 22 heavy (non-hydrogen) atoms. The van der Waals surface area contributed by atoms with Crippen molar-refractivity contribution in [2.45, 2.75) is 32.9 Å². The Morgan fingerprint density at radius 3 is 2.32 bits per heavy atom. The summed E-state index contributed by atoms with van der Waals surface area (Å²) in [5, 5.41) is 3.01. The van der Waals surface area contributed by atoms with Gasteiger partial charge < -0.3 is 15.0 Å². The van der Waals surface area contributed by atoms with Crippen LogP contribution in [0.2, 0.25) is 0 Å². The van der Waals surface area contributed by atoms with Crippen molar-refractivity contribution in [2.24, 2.45) is 4.99 Å². The van der Waals surface area contributed by atoms with Gasteiger partial charge in [0.1, 0.15) is 12.1 Å². The topological polar surface area (TPSA) is 53.9 Å². The predicted molar refractivity (Wildman–Crippen MR) is 101 cm³/mol. The molecule has 124 valence electrons. The van der Waals surface area contributed by atoms with Gasteiger partial charge in [0.25, 0.3) is 0 Å². The van der Waals surface area contributed by atoms with E-state index < -0.39 is 5.60 Å². The van der Waals surface area contributed by atoms with E-state index >= 15 is 0 Å². The van der Waals surface area contributed by atoms with Gasteiger partial charge in [-0.1, -0.05) is 30.3 Å². The molecule has 0 fully saturated rings.